The van der Waals surface area contributed by atoms with E-state index in [2.05, 4.69) is 34.0 Å². The zero-order valence-corrected chi connectivity index (χ0v) is 14.8. The number of anilines is 1. The summed E-state index contributed by atoms with van der Waals surface area (Å²) in [7, 11) is 0. The van der Waals surface area contributed by atoms with Crippen LogP contribution in [0, 0.1) is 0 Å². The maximum Gasteiger partial charge on any atom is 0.387 e. The molecule has 2 aromatic rings. The minimum atomic E-state index is -2.84. The Morgan fingerprint density at radius 3 is 2.42 bits per heavy atom. The number of hydrogen-bond donors (Lipinski definition) is 1. The van der Waals surface area contributed by atoms with Crippen LogP contribution in [0.25, 0.3) is 0 Å². The zero-order chi connectivity index (χ0) is 18.8. The number of nitrogens with one attached hydrogen (secondary N) is 1. The Morgan fingerprint density at radius 1 is 1.12 bits per heavy atom. The molecule has 0 fully saturated rings. The number of alkyl halides is 2. The van der Waals surface area contributed by atoms with E-state index in [4.69, 9.17) is 0 Å². The first-order chi connectivity index (χ1) is 12.6. The van der Waals surface area contributed by atoms with E-state index in [-0.39, 0.29) is 18.1 Å². The van der Waals surface area contributed by atoms with Crippen LogP contribution in [-0.2, 0) is 11.2 Å². The number of benzene rings is 2. The lowest BCUT2D eigenvalue weighted by Crippen LogP contribution is -2.30. The third kappa shape index (κ3) is 6.70. The van der Waals surface area contributed by atoms with Crippen molar-refractivity contribution in [1.82, 2.24) is 5.32 Å². The zero-order valence-electron chi connectivity index (χ0n) is 14.8. The molecule has 0 aromatic heterocycles. The molecule has 0 radical (unpaired) electrons. The number of ether oxygens (including phenoxy) is 1. The summed E-state index contributed by atoms with van der Waals surface area (Å²) < 4.78 is 28.5. The quantitative estimate of drug-likeness (QED) is 0.653. The average molecular weight is 362 g/mol. The molecule has 140 valence electrons. The van der Waals surface area contributed by atoms with Crippen molar-refractivity contribution in [3.63, 3.8) is 0 Å². The van der Waals surface area contributed by atoms with E-state index in [0.29, 0.717) is 6.54 Å². The molecular weight excluding hydrogens is 338 g/mol. The average Bonchev–Trinajstić information content (AvgIpc) is 2.64. The summed E-state index contributed by atoms with van der Waals surface area (Å²) in [6.07, 6.45) is 1.06. The maximum absolute atomic E-state index is 12.1. The highest BCUT2D eigenvalue weighted by Gasteiger charge is 2.07. The third-order valence-corrected chi connectivity index (χ3v) is 3.94. The molecular formula is C20H24F2N2O2. The first kappa shape index (κ1) is 19.7. The van der Waals surface area contributed by atoms with Crippen LogP contribution >= 0.6 is 0 Å². The largest absolute Gasteiger partial charge is 0.435 e. The van der Waals surface area contributed by atoms with Gasteiger partial charge in [0.2, 0.25) is 5.91 Å². The fraction of sp³-hybridized carbons (Fsp3) is 0.350. The molecule has 1 N–H and O–H groups in total. The number of nitrogens with zero attached hydrogens (tertiary/aromatic N) is 1. The number of halogens is 2. The van der Waals surface area contributed by atoms with E-state index < -0.39 is 6.61 Å². The fourth-order valence-electron chi connectivity index (χ4n) is 2.64. The van der Waals surface area contributed by atoms with Crippen LogP contribution in [0.15, 0.2) is 54.6 Å². The highest BCUT2D eigenvalue weighted by atomic mass is 19.3. The number of amides is 1. The number of para-hydroxylation sites is 1. The van der Waals surface area contributed by atoms with E-state index >= 15 is 0 Å². The van der Waals surface area contributed by atoms with Crippen molar-refractivity contribution in [2.45, 2.75) is 26.4 Å². The predicted molar refractivity (Wildman–Crippen MR) is 98.7 cm³/mol. The van der Waals surface area contributed by atoms with Gasteiger partial charge in [-0.15, -0.1) is 0 Å². The van der Waals surface area contributed by atoms with E-state index in [1.165, 1.54) is 17.8 Å². The van der Waals surface area contributed by atoms with Gasteiger partial charge in [-0.05, 0) is 43.2 Å². The molecule has 0 saturated carbocycles. The molecule has 0 bridgehead atoms. The van der Waals surface area contributed by atoms with Gasteiger partial charge < -0.3 is 15.0 Å². The van der Waals surface area contributed by atoms with E-state index in [9.17, 15) is 13.6 Å². The Kier molecular flexibility index (Phi) is 7.86. The number of carbonyl (C=O) groups is 1. The van der Waals surface area contributed by atoms with Gasteiger partial charge in [-0.2, -0.15) is 8.78 Å². The van der Waals surface area contributed by atoms with Gasteiger partial charge in [-0.25, -0.2) is 0 Å². The van der Waals surface area contributed by atoms with Crippen LogP contribution in [-0.4, -0.2) is 32.2 Å². The van der Waals surface area contributed by atoms with Crippen molar-refractivity contribution >= 4 is 11.6 Å². The Bertz CT molecular complexity index is 663. The summed E-state index contributed by atoms with van der Waals surface area (Å²) in [6, 6.07) is 16.3. The molecule has 0 aliphatic carbocycles. The van der Waals surface area contributed by atoms with E-state index in [1.54, 1.807) is 12.1 Å². The van der Waals surface area contributed by atoms with Gasteiger partial charge in [0.1, 0.15) is 5.75 Å². The van der Waals surface area contributed by atoms with Gasteiger partial charge in [0.25, 0.3) is 0 Å². The standard InChI is InChI=1S/C20H24F2N2O2/c1-2-24(17-7-4-3-5-8-17)14-6-13-23-19(25)15-16-9-11-18(12-10-16)26-20(21)22/h3-5,7-12,20H,2,6,13-15H2,1H3,(H,23,25). The molecule has 6 heteroatoms. The SMILES string of the molecule is CCN(CCCNC(=O)Cc1ccc(OC(F)F)cc1)c1ccccc1. The van der Waals surface area contributed by atoms with Crippen molar-refractivity contribution in [1.29, 1.82) is 0 Å². The topological polar surface area (TPSA) is 41.6 Å². The van der Waals surface area contributed by atoms with Gasteiger partial charge in [0.15, 0.2) is 0 Å². The Hall–Kier alpha value is -2.63. The van der Waals surface area contributed by atoms with Crippen molar-refractivity contribution < 1.29 is 18.3 Å². The first-order valence-electron chi connectivity index (χ1n) is 8.69. The van der Waals surface area contributed by atoms with Gasteiger partial charge >= 0.3 is 6.61 Å². The molecule has 1 amide bonds. The van der Waals surface area contributed by atoms with Gasteiger partial charge in [0, 0.05) is 25.3 Å². The molecule has 2 rings (SSSR count). The Morgan fingerprint density at radius 2 is 1.81 bits per heavy atom. The minimum Gasteiger partial charge on any atom is -0.435 e. The molecule has 2 aromatic carbocycles. The predicted octanol–water partition coefficient (Wildman–Crippen LogP) is 3.86. The lowest BCUT2D eigenvalue weighted by atomic mass is 10.1. The summed E-state index contributed by atoms with van der Waals surface area (Å²) in [6.45, 7) is 1.62. The lowest BCUT2D eigenvalue weighted by Gasteiger charge is -2.23. The maximum atomic E-state index is 12.1. The van der Waals surface area contributed by atoms with Gasteiger partial charge in [-0.1, -0.05) is 30.3 Å². The van der Waals surface area contributed by atoms with Crippen LogP contribution in [0.4, 0.5) is 14.5 Å². The normalized spacial score (nSPS) is 10.6. The third-order valence-electron chi connectivity index (χ3n) is 3.94. The molecule has 0 heterocycles. The molecule has 26 heavy (non-hydrogen) atoms. The number of carbonyl (C=O) groups excluding carboxylic acids is 1. The second-order valence-corrected chi connectivity index (χ2v) is 5.82. The van der Waals surface area contributed by atoms with Crippen LogP contribution < -0.4 is 15.0 Å². The Labute approximate surface area is 152 Å². The highest BCUT2D eigenvalue weighted by Crippen LogP contribution is 2.15. The summed E-state index contributed by atoms with van der Waals surface area (Å²) in [4.78, 5) is 14.2. The molecule has 4 nitrogen and oxygen atoms in total. The van der Waals surface area contributed by atoms with Crippen LogP contribution in [0.3, 0.4) is 0 Å². The fourth-order valence-corrected chi connectivity index (χ4v) is 2.64. The first-order valence-corrected chi connectivity index (χ1v) is 8.69. The summed E-state index contributed by atoms with van der Waals surface area (Å²) in [5.41, 5.74) is 1.93. The minimum absolute atomic E-state index is 0.0877. The van der Waals surface area contributed by atoms with Crippen molar-refractivity contribution in [2.75, 3.05) is 24.5 Å². The van der Waals surface area contributed by atoms with Crippen LogP contribution in [0.5, 0.6) is 5.75 Å². The molecule has 0 aliphatic heterocycles. The van der Waals surface area contributed by atoms with Crippen molar-refractivity contribution in [2.24, 2.45) is 0 Å². The summed E-state index contributed by atoms with van der Waals surface area (Å²) >= 11 is 0. The second kappa shape index (κ2) is 10.4. The smallest absolute Gasteiger partial charge is 0.387 e. The van der Waals surface area contributed by atoms with Gasteiger partial charge in [-0.3, -0.25) is 4.79 Å². The Balaban J connectivity index is 1.70. The van der Waals surface area contributed by atoms with Crippen LogP contribution in [0.2, 0.25) is 0 Å². The van der Waals surface area contributed by atoms with E-state index in [1.807, 2.05) is 18.2 Å². The lowest BCUT2D eigenvalue weighted by molar-refractivity contribution is -0.120. The van der Waals surface area contributed by atoms with Crippen molar-refractivity contribution in [3.05, 3.63) is 60.2 Å². The highest BCUT2D eigenvalue weighted by molar-refractivity contribution is 5.78. The molecule has 0 saturated heterocycles. The number of rotatable bonds is 10. The van der Waals surface area contributed by atoms with E-state index in [0.717, 1.165) is 25.1 Å². The summed E-state index contributed by atoms with van der Waals surface area (Å²) in [5, 5.41) is 2.89. The summed E-state index contributed by atoms with van der Waals surface area (Å²) in [5.74, 6) is 0.0000136. The molecule has 0 unspecified atom stereocenters. The molecule has 0 spiro atoms. The number of hydrogen-bond acceptors (Lipinski definition) is 3. The monoisotopic (exact) mass is 362 g/mol. The van der Waals surface area contributed by atoms with Crippen molar-refractivity contribution in [3.8, 4) is 5.75 Å². The van der Waals surface area contributed by atoms with Gasteiger partial charge in [0.05, 0.1) is 6.42 Å². The molecule has 0 atom stereocenters. The van der Waals surface area contributed by atoms with Crippen LogP contribution in [0.1, 0.15) is 18.9 Å². The molecule has 0 aliphatic rings. The second-order valence-electron chi connectivity index (χ2n) is 5.82.